The molecule has 0 saturated carbocycles. The molecule has 1 aliphatic heterocycles. The molecule has 0 amide bonds. The van der Waals surface area contributed by atoms with Crippen molar-refractivity contribution in [1.29, 1.82) is 0 Å². The maximum absolute atomic E-state index is 5.92. The zero-order chi connectivity index (χ0) is 12.4. The van der Waals surface area contributed by atoms with Gasteiger partial charge in [0.15, 0.2) is 0 Å². The molecule has 0 spiro atoms. The molecule has 1 N–H and O–H groups in total. The largest absolute Gasteiger partial charge is 0.497 e. The lowest BCUT2D eigenvalue weighted by Gasteiger charge is -2.13. The van der Waals surface area contributed by atoms with Crippen molar-refractivity contribution in [3.8, 4) is 11.6 Å². The van der Waals surface area contributed by atoms with Crippen molar-refractivity contribution in [2.45, 2.75) is 12.5 Å². The molecular formula is C13H15N3O2. The summed E-state index contributed by atoms with van der Waals surface area (Å²) in [5.41, 5.74) is 0.867. The Hall–Kier alpha value is -1.88. The first-order valence-corrected chi connectivity index (χ1v) is 6.03. The van der Waals surface area contributed by atoms with E-state index in [1.165, 1.54) is 6.33 Å². The molecule has 2 aromatic rings. The van der Waals surface area contributed by atoms with Crippen molar-refractivity contribution < 1.29 is 9.47 Å². The second kappa shape index (κ2) is 4.78. The molecule has 0 aliphatic carbocycles. The lowest BCUT2D eigenvalue weighted by molar-refractivity contribution is 0.217. The average molecular weight is 245 g/mol. The molecule has 1 aromatic carbocycles. The normalized spacial score (nSPS) is 19.1. The smallest absolute Gasteiger partial charge is 0.224 e. The highest BCUT2D eigenvalue weighted by Gasteiger charge is 2.18. The molecule has 0 radical (unpaired) electrons. The fraction of sp³-hybridized carbons (Fsp3) is 0.385. The molecule has 18 heavy (non-hydrogen) atoms. The van der Waals surface area contributed by atoms with Crippen LogP contribution in [0.1, 0.15) is 6.42 Å². The van der Waals surface area contributed by atoms with E-state index in [1.54, 1.807) is 7.11 Å². The van der Waals surface area contributed by atoms with Gasteiger partial charge in [-0.3, -0.25) is 0 Å². The third-order valence-electron chi connectivity index (χ3n) is 3.10. The van der Waals surface area contributed by atoms with Crippen LogP contribution in [0.3, 0.4) is 0 Å². The van der Waals surface area contributed by atoms with Gasteiger partial charge in [-0.05, 0) is 31.2 Å². The standard InChI is InChI=1S/C13H15N3O2/c1-17-9-2-3-12-11(6-9)13(16-8-15-12)18-10-4-5-14-7-10/h2-3,6,8,10,14H,4-5,7H2,1H3/t10-/m1/s1. The van der Waals surface area contributed by atoms with Gasteiger partial charge in [0, 0.05) is 6.54 Å². The first-order valence-electron chi connectivity index (χ1n) is 6.03. The van der Waals surface area contributed by atoms with Crippen LogP contribution >= 0.6 is 0 Å². The van der Waals surface area contributed by atoms with E-state index in [9.17, 15) is 0 Å². The zero-order valence-electron chi connectivity index (χ0n) is 10.2. The summed E-state index contributed by atoms with van der Waals surface area (Å²) < 4.78 is 11.1. The minimum absolute atomic E-state index is 0.189. The lowest BCUT2D eigenvalue weighted by Crippen LogP contribution is -2.20. The van der Waals surface area contributed by atoms with E-state index in [2.05, 4.69) is 15.3 Å². The summed E-state index contributed by atoms with van der Waals surface area (Å²) in [5.74, 6) is 1.42. The van der Waals surface area contributed by atoms with Crippen molar-refractivity contribution >= 4 is 10.9 Å². The van der Waals surface area contributed by atoms with Gasteiger partial charge >= 0.3 is 0 Å². The van der Waals surface area contributed by atoms with Gasteiger partial charge in [0.25, 0.3) is 0 Å². The van der Waals surface area contributed by atoms with Crippen molar-refractivity contribution in [2.24, 2.45) is 0 Å². The maximum Gasteiger partial charge on any atom is 0.224 e. The Morgan fingerprint density at radius 3 is 3.06 bits per heavy atom. The predicted octanol–water partition coefficient (Wildman–Crippen LogP) is 1.38. The van der Waals surface area contributed by atoms with Gasteiger partial charge in [0.2, 0.25) is 5.88 Å². The summed E-state index contributed by atoms with van der Waals surface area (Å²) in [6, 6.07) is 5.71. The molecular weight excluding hydrogens is 230 g/mol. The Balaban J connectivity index is 1.98. The molecule has 3 rings (SSSR count). The van der Waals surface area contributed by atoms with Crippen LogP contribution in [0.4, 0.5) is 0 Å². The molecule has 94 valence electrons. The summed E-state index contributed by atoms with van der Waals surface area (Å²) in [4.78, 5) is 8.46. The topological polar surface area (TPSA) is 56.3 Å². The summed E-state index contributed by atoms with van der Waals surface area (Å²) in [6.45, 7) is 1.87. The van der Waals surface area contributed by atoms with Gasteiger partial charge in [0.05, 0.1) is 18.0 Å². The van der Waals surface area contributed by atoms with Crippen LogP contribution in [0.2, 0.25) is 0 Å². The number of rotatable bonds is 3. The van der Waals surface area contributed by atoms with E-state index in [0.29, 0.717) is 5.88 Å². The number of methoxy groups -OCH3 is 1. The van der Waals surface area contributed by atoms with E-state index in [4.69, 9.17) is 9.47 Å². The van der Waals surface area contributed by atoms with E-state index in [-0.39, 0.29) is 6.10 Å². The van der Waals surface area contributed by atoms with Gasteiger partial charge in [-0.15, -0.1) is 0 Å². The van der Waals surface area contributed by atoms with Crippen LogP contribution in [0.25, 0.3) is 10.9 Å². The Bertz CT molecular complexity index is 553. The van der Waals surface area contributed by atoms with Crippen molar-refractivity contribution in [2.75, 3.05) is 20.2 Å². The average Bonchev–Trinajstić information content (AvgIpc) is 2.91. The van der Waals surface area contributed by atoms with Crippen LogP contribution < -0.4 is 14.8 Å². The zero-order valence-corrected chi connectivity index (χ0v) is 10.2. The van der Waals surface area contributed by atoms with E-state index in [1.807, 2.05) is 18.2 Å². The first kappa shape index (κ1) is 11.2. The van der Waals surface area contributed by atoms with Crippen LogP contribution in [0.5, 0.6) is 11.6 Å². The molecule has 0 bridgehead atoms. The Morgan fingerprint density at radius 1 is 1.33 bits per heavy atom. The minimum Gasteiger partial charge on any atom is -0.497 e. The van der Waals surface area contributed by atoms with Gasteiger partial charge < -0.3 is 14.8 Å². The Morgan fingerprint density at radius 2 is 2.28 bits per heavy atom. The quantitative estimate of drug-likeness (QED) is 0.885. The molecule has 1 aromatic heterocycles. The monoisotopic (exact) mass is 245 g/mol. The molecule has 0 unspecified atom stereocenters. The minimum atomic E-state index is 0.189. The first-order chi connectivity index (χ1) is 8.86. The summed E-state index contributed by atoms with van der Waals surface area (Å²) in [7, 11) is 1.65. The fourth-order valence-corrected chi connectivity index (χ4v) is 2.12. The highest BCUT2D eigenvalue weighted by atomic mass is 16.5. The highest BCUT2D eigenvalue weighted by molar-refractivity contribution is 5.84. The van der Waals surface area contributed by atoms with E-state index in [0.717, 1.165) is 36.2 Å². The fourth-order valence-electron chi connectivity index (χ4n) is 2.12. The third kappa shape index (κ3) is 2.09. The lowest BCUT2D eigenvalue weighted by atomic mass is 10.2. The third-order valence-corrected chi connectivity index (χ3v) is 3.10. The maximum atomic E-state index is 5.92. The Labute approximate surface area is 105 Å². The molecule has 1 saturated heterocycles. The van der Waals surface area contributed by atoms with Gasteiger partial charge in [-0.1, -0.05) is 0 Å². The number of benzene rings is 1. The number of fused-ring (bicyclic) bond motifs is 1. The van der Waals surface area contributed by atoms with Gasteiger partial charge in [-0.25, -0.2) is 9.97 Å². The number of hydrogen-bond acceptors (Lipinski definition) is 5. The van der Waals surface area contributed by atoms with Crippen molar-refractivity contribution in [3.05, 3.63) is 24.5 Å². The number of ether oxygens (including phenoxy) is 2. The molecule has 1 aliphatic rings. The van der Waals surface area contributed by atoms with Crippen molar-refractivity contribution in [1.82, 2.24) is 15.3 Å². The van der Waals surface area contributed by atoms with E-state index >= 15 is 0 Å². The molecule has 2 heterocycles. The predicted molar refractivity (Wildman–Crippen MR) is 68.0 cm³/mol. The number of aromatic nitrogens is 2. The van der Waals surface area contributed by atoms with Crippen LogP contribution in [0.15, 0.2) is 24.5 Å². The second-order valence-electron chi connectivity index (χ2n) is 4.29. The van der Waals surface area contributed by atoms with Gasteiger partial charge in [0.1, 0.15) is 18.2 Å². The Kier molecular flexibility index (Phi) is 2.98. The SMILES string of the molecule is COc1ccc2ncnc(O[C@@H]3CCNC3)c2c1. The van der Waals surface area contributed by atoms with Gasteiger partial charge in [-0.2, -0.15) is 0 Å². The molecule has 5 nitrogen and oxygen atoms in total. The summed E-state index contributed by atoms with van der Waals surface area (Å²) in [5, 5.41) is 4.16. The van der Waals surface area contributed by atoms with Crippen LogP contribution in [-0.2, 0) is 0 Å². The van der Waals surface area contributed by atoms with Crippen LogP contribution in [-0.4, -0.2) is 36.3 Å². The summed E-state index contributed by atoms with van der Waals surface area (Å²) in [6.07, 6.45) is 2.73. The summed E-state index contributed by atoms with van der Waals surface area (Å²) >= 11 is 0. The number of nitrogens with zero attached hydrogens (tertiary/aromatic N) is 2. The van der Waals surface area contributed by atoms with E-state index < -0.39 is 0 Å². The molecule has 1 fully saturated rings. The molecule has 5 heteroatoms. The highest BCUT2D eigenvalue weighted by Crippen LogP contribution is 2.26. The second-order valence-corrected chi connectivity index (χ2v) is 4.29. The van der Waals surface area contributed by atoms with Crippen LogP contribution in [0, 0.1) is 0 Å². The number of hydrogen-bond donors (Lipinski definition) is 1. The van der Waals surface area contributed by atoms with Crippen molar-refractivity contribution in [3.63, 3.8) is 0 Å². The molecule has 1 atom stereocenters. The number of nitrogens with one attached hydrogen (secondary N) is 1.